The van der Waals surface area contributed by atoms with Gasteiger partial charge in [0, 0.05) is 19.6 Å². The second-order valence-corrected chi connectivity index (χ2v) is 6.62. The number of H-pyrrole nitrogens is 1. The predicted molar refractivity (Wildman–Crippen MR) is 94.7 cm³/mol. The van der Waals surface area contributed by atoms with Crippen molar-refractivity contribution in [3.05, 3.63) is 30.1 Å². The number of para-hydroxylation sites is 2. The van der Waals surface area contributed by atoms with Crippen LogP contribution in [0.25, 0.3) is 11.0 Å². The summed E-state index contributed by atoms with van der Waals surface area (Å²) < 4.78 is 5.38. The first-order valence-electron chi connectivity index (χ1n) is 9.08. The van der Waals surface area contributed by atoms with Gasteiger partial charge >= 0.3 is 0 Å². The second-order valence-electron chi connectivity index (χ2n) is 6.62. The van der Waals surface area contributed by atoms with Gasteiger partial charge in [-0.3, -0.25) is 4.79 Å². The maximum absolute atomic E-state index is 12.3. The number of benzene rings is 1. The SMILES string of the molecule is CC[C@H](NC(=O)CCCC1CCOCC1)c1nc2ccccc2[nH]1. The molecule has 1 aromatic carbocycles. The van der Waals surface area contributed by atoms with Crippen molar-refractivity contribution in [2.45, 2.75) is 51.5 Å². The fourth-order valence-electron chi connectivity index (χ4n) is 3.35. The highest BCUT2D eigenvalue weighted by Gasteiger charge is 2.18. The molecule has 0 unspecified atom stereocenters. The normalized spacial score (nSPS) is 17.0. The van der Waals surface area contributed by atoms with Gasteiger partial charge in [0.2, 0.25) is 5.91 Å². The molecule has 24 heavy (non-hydrogen) atoms. The average Bonchev–Trinajstić information content (AvgIpc) is 3.04. The third-order valence-electron chi connectivity index (χ3n) is 4.84. The zero-order valence-electron chi connectivity index (χ0n) is 14.4. The number of rotatable bonds is 7. The molecule has 1 atom stereocenters. The number of aromatic amines is 1. The molecule has 2 aromatic rings. The van der Waals surface area contributed by atoms with Crippen LogP contribution in [0.3, 0.4) is 0 Å². The number of amides is 1. The Labute approximate surface area is 143 Å². The van der Waals surface area contributed by atoms with Crippen LogP contribution in [0.4, 0.5) is 0 Å². The lowest BCUT2D eigenvalue weighted by Gasteiger charge is -2.21. The van der Waals surface area contributed by atoms with Crippen LogP contribution in [-0.4, -0.2) is 29.1 Å². The van der Waals surface area contributed by atoms with Crippen LogP contribution in [0.15, 0.2) is 24.3 Å². The Hall–Kier alpha value is -1.88. The van der Waals surface area contributed by atoms with Crippen molar-refractivity contribution in [1.29, 1.82) is 0 Å². The first-order valence-corrected chi connectivity index (χ1v) is 9.08. The molecule has 0 saturated carbocycles. The van der Waals surface area contributed by atoms with Crippen LogP contribution in [0.2, 0.25) is 0 Å². The molecule has 1 aliphatic rings. The summed E-state index contributed by atoms with van der Waals surface area (Å²) in [7, 11) is 0. The van der Waals surface area contributed by atoms with Crippen molar-refractivity contribution in [1.82, 2.24) is 15.3 Å². The zero-order valence-corrected chi connectivity index (χ0v) is 14.4. The molecule has 2 heterocycles. The van der Waals surface area contributed by atoms with E-state index in [4.69, 9.17) is 4.74 Å². The summed E-state index contributed by atoms with van der Waals surface area (Å²) in [5.74, 6) is 1.69. The van der Waals surface area contributed by atoms with Gasteiger partial charge < -0.3 is 15.0 Å². The maximum Gasteiger partial charge on any atom is 0.220 e. The lowest BCUT2D eigenvalue weighted by molar-refractivity contribution is -0.122. The van der Waals surface area contributed by atoms with Gasteiger partial charge in [0.05, 0.1) is 17.1 Å². The number of nitrogens with zero attached hydrogens (tertiary/aromatic N) is 1. The first kappa shape index (κ1) is 17.0. The fourth-order valence-corrected chi connectivity index (χ4v) is 3.35. The first-order chi connectivity index (χ1) is 11.8. The minimum Gasteiger partial charge on any atom is -0.381 e. The van der Waals surface area contributed by atoms with Crippen LogP contribution < -0.4 is 5.32 Å². The number of ether oxygens (including phenoxy) is 1. The Kier molecular flexibility index (Phi) is 5.86. The number of nitrogens with one attached hydrogen (secondary N) is 2. The van der Waals surface area contributed by atoms with Gasteiger partial charge in [-0.1, -0.05) is 19.1 Å². The molecule has 2 N–H and O–H groups in total. The quantitative estimate of drug-likeness (QED) is 0.813. The molecule has 1 aromatic heterocycles. The summed E-state index contributed by atoms with van der Waals surface area (Å²) in [5.41, 5.74) is 1.96. The van der Waals surface area contributed by atoms with E-state index < -0.39 is 0 Å². The van der Waals surface area contributed by atoms with E-state index in [-0.39, 0.29) is 11.9 Å². The molecule has 5 nitrogen and oxygen atoms in total. The molecular weight excluding hydrogens is 302 g/mol. The number of fused-ring (bicyclic) bond motifs is 1. The highest BCUT2D eigenvalue weighted by atomic mass is 16.5. The highest BCUT2D eigenvalue weighted by molar-refractivity contribution is 5.77. The smallest absolute Gasteiger partial charge is 0.220 e. The van der Waals surface area contributed by atoms with Gasteiger partial charge in [0.25, 0.3) is 0 Å². The fraction of sp³-hybridized carbons (Fsp3) is 0.579. The van der Waals surface area contributed by atoms with Crippen molar-refractivity contribution in [3.63, 3.8) is 0 Å². The van der Waals surface area contributed by atoms with E-state index >= 15 is 0 Å². The van der Waals surface area contributed by atoms with Crippen molar-refractivity contribution < 1.29 is 9.53 Å². The van der Waals surface area contributed by atoms with E-state index in [1.165, 1.54) is 0 Å². The number of hydrogen-bond donors (Lipinski definition) is 2. The molecule has 0 aliphatic carbocycles. The molecule has 0 bridgehead atoms. The number of hydrogen-bond acceptors (Lipinski definition) is 3. The molecular formula is C19H27N3O2. The Morgan fingerprint density at radius 3 is 2.92 bits per heavy atom. The van der Waals surface area contributed by atoms with Gasteiger partial charge in [-0.05, 0) is 50.2 Å². The van der Waals surface area contributed by atoms with E-state index in [0.29, 0.717) is 6.42 Å². The van der Waals surface area contributed by atoms with E-state index in [1.54, 1.807) is 0 Å². The summed E-state index contributed by atoms with van der Waals surface area (Å²) in [6.45, 7) is 3.82. The zero-order chi connectivity index (χ0) is 16.8. The molecule has 1 amide bonds. The Morgan fingerprint density at radius 1 is 1.38 bits per heavy atom. The highest BCUT2D eigenvalue weighted by Crippen LogP contribution is 2.21. The third kappa shape index (κ3) is 4.35. The Bertz CT molecular complexity index is 628. The van der Waals surface area contributed by atoms with E-state index in [9.17, 15) is 4.79 Å². The van der Waals surface area contributed by atoms with E-state index in [1.807, 2.05) is 24.3 Å². The van der Waals surface area contributed by atoms with Crippen molar-refractivity contribution in [3.8, 4) is 0 Å². The maximum atomic E-state index is 12.3. The molecule has 1 aliphatic heterocycles. The van der Waals surface area contributed by atoms with Gasteiger partial charge in [0.15, 0.2) is 0 Å². The standard InChI is InChI=1S/C19H27N3O2/c1-2-15(19-21-16-7-3-4-8-17(16)22-19)20-18(23)9-5-6-14-10-12-24-13-11-14/h3-4,7-8,14-15H,2,5-6,9-13H2,1H3,(H,20,23)(H,21,22)/t15-/m0/s1. The number of carbonyl (C=O) groups excluding carboxylic acids is 1. The van der Waals surface area contributed by atoms with Crippen LogP contribution in [-0.2, 0) is 9.53 Å². The van der Waals surface area contributed by atoms with E-state index in [0.717, 1.165) is 68.1 Å². The topological polar surface area (TPSA) is 67.0 Å². The number of imidazole rings is 1. The summed E-state index contributed by atoms with van der Waals surface area (Å²) in [4.78, 5) is 20.2. The molecule has 5 heteroatoms. The minimum atomic E-state index is -0.0482. The Morgan fingerprint density at radius 2 is 2.17 bits per heavy atom. The van der Waals surface area contributed by atoms with Gasteiger partial charge in [0.1, 0.15) is 5.82 Å². The summed E-state index contributed by atoms with van der Waals surface area (Å²) in [5, 5.41) is 3.12. The number of carbonyl (C=O) groups is 1. The van der Waals surface area contributed by atoms with Gasteiger partial charge in [-0.15, -0.1) is 0 Å². The van der Waals surface area contributed by atoms with Crippen molar-refractivity contribution in [2.24, 2.45) is 5.92 Å². The van der Waals surface area contributed by atoms with Crippen LogP contribution in [0.5, 0.6) is 0 Å². The lowest BCUT2D eigenvalue weighted by atomic mass is 9.94. The lowest BCUT2D eigenvalue weighted by Crippen LogP contribution is -2.28. The predicted octanol–water partition coefficient (Wildman–Crippen LogP) is 3.73. The molecule has 0 spiro atoms. The van der Waals surface area contributed by atoms with Crippen LogP contribution in [0.1, 0.15) is 57.3 Å². The molecule has 1 saturated heterocycles. The molecule has 130 valence electrons. The van der Waals surface area contributed by atoms with Crippen molar-refractivity contribution in [2.75, 3.05) is 13.2 Å². The van der Waals surface area contributed by atoms with Gasteiger partial charge in [-0.2, -0.15) is 0 Å². The summed E-state index contributed by atoms with van der Waals surface area (Å²) in [6.07, 6.45) is 5.77. The molecule has 1 fully saturated rings. The molecule has 0 radical (unpaired) electrons. The van der Waals surface area contributed by atoms with Gasteiger partial charge in [-0.25, -0.2) is 4.98 Å². The summed E-state index contributed by atoms with van der Waals surface area (Å²) >= 11 is 0. The largest absolute Gasteiger partial charge is 0.381 e. The Balaban J connectivity index is 1.49. The van der Waals surface area contributed by atoms with E-state index in [2.05, 4.69) is 22.2 Å². The average molecular weight is 329 g/mol. The number of aromatic nitrogens is 2. The van der Waals surface area contributed by atoms with Crippen LogP contribution >= 0.6 is 0 Å². The molecule has 3 rings (SSSR count). The third-order valence-corrected chi connectivity index (χ3v) is 4.84. The van der Waals surface area contributed by atoms with Crippen LogP contribution in [0, 0.1) is 5.92 Å². The summed E-state index contributed by atoms with van der Waals surface area (Å²) in [6, 6.07) is 7.91. The van der Waals surface area contributed by atoms with Crippen molar-refractivity contribution >= 4 is 16.9 Å². The second kappa shape index (κ2) is 8.29. The monoisotopic (exact) mass is 329 g/mol. The minimum absolute atomic E-state index is 0.0482.